The first kappa shape index (κ1) is 23.1. The van der Waals surface area contributed by atoms with Crippen LogP contribution < -0.4 is 10.1 Å². The molecule has 6 nitrogen and oxygen atoms in total. The van der Waals surface area contributed by atoms with Gasteiger partial charge in [-0.3, -0.25) is 9.36 Å². The number of aryl methyl sites for hydroxylation is 2. The van der Waals surface area contributed by atoms with Gasteiger partial charge in [-0.15, -0.1) is 10.2 Å². The molecule has 1 aromatic heterocycles. The van der Waals surface area contributed by atoms with Crippen molar-refractivity contribution in [1.29, 1.82) is 0 Å². The number of anilines is 1. The summed E-state index contributed by atoms with van der Waals surface area (Å²) in [6.07, 6.45) is 0. The average Bonchev–Trinajstić information content (AvgIpc) is 3.22. The summed E-state index contributed by atoms with van der Waals surface area (Å²) in [5.74, 6) is 1.50. The van der Waals surface area contributed by atoms with Gasteiger partial charge in [0.25, 0.3) is 0 Å². The van der Waals surface area contributed by atoms with E-state index in [0.29, 0.717) is 11.0 Å². The molecule has 1 N–H and O–H groups in total. The van der Waals surface area contributed by atoms with Crippen LogP contribution in [0, 0.1) is 13.8 Å². The van der Waals surface area contributed by atoms with Gasteiger partial charge in [-0.2, -0.15) is 0 Å². The van der Waals surface area contributed by atoms with E-state index in [9.17, 15) is 4.79 Å². The van der Waals surface area contributed by atoms with Gasteiger partial charge in [0.2, 0.25) is 5.91 Å². The third-order valence-corrected chi connectivity index (χ3v) is 6.42. The summed E-state index contributed by atoms with van der Waals surface area (Å²) in [7, 11) is 0. The van der Waals surface area contributed by atoms with E-state index in [2.05, 4.69) is 31.4 Å². The highest BCUT2D eigenvalue weighted by atomic mass is 79.9. The van der Waals surface area contributed by atoms with E-state index in [4.69, 9.17) is 4.74 Å². The standard InChI is InChI=1S/C25H23BrN4O2S/c1-17-8-11-20(12-9-17)32-15-23-28-29-25(30(23)19-6-4-3-5-7-19)33-16-24(31)27-22-13-10-18(2)14-21(22)26/h3-14H,15-16H2,1-2H3,(H,27,31). The van der Waals surface area contributed by atoms with Crippen LogP contribution in [0.15, 0.2) is 82.4 Å². The molecule has 0 atom stereocenters. The van der Waals surface area contributed by atoms with Crippen molar-refractivity contribution in [2.75, 3.05) is 11.1 Å². The number of rotatable bonds is 8. The molecule has 4 rings (SSSR count). The van der Waals surface area contributed by atoms with Crippen LogP contribution in [-0.4, -0.2) is 26.4 Å². The molecule has 0 spiro atoms. The van der Waals surface area contributed by atoms with Crippen molar-refractivity contribution in [3.63, 3.8) is 0 Å². The van der Waals surface area contributed by atoms with Crippen molar-refractivity contribution in [1.82, 2.24) is 14.8 Å². The molecule has 0 aliphatic rings. The Balaban J connectivity index is 1.49. The van der Waals surface area contributed by atoms with Gasteiger partial charge in [-0.25, -0.2) is 0 Å². The van der Waals surface area contributed by atoms with Crippen LogP contribution in [0.1, 0.15) is 17.0 Å². The second kappa shape index (κ2) is 10.7. The number of carbonyl (C=O) groups excluding carboxylic acids is 1. The minimum atomic E-state index is -0.121. The summed E-state index contributed by atoms with van der Waals surface area (Å²) in [5.41, 5.74) is 3.94. The fourth-order valence-electron chi connectivity index (χ4n) is 3.14. The summed E-state index contributed by atoms with van der Waals surface area (Å²) in [6, 6.07) is 23.5. The molecule has 4 aromatic rings. The van der Waals surface area contributed by atoms with E-state index in [1.54, 1.807) is 0 Å². The third kappa shape index (κ3) is 6.03. The Hall–Kier alpha value is -3.10. The molecule has 3 aromatic carbocycles. The van der Waals surface area contributed by atoms with Crippen molar-refractivity contribution in [3.8, 4) is 11.4 Å². The molecular weight excluding hydrogens is 500 g/mol. The van der Waals surface area contributed by atoms with E-state index in [-0.39, 0.29) is 18.3 Å². The minimum Gasteiger partial charge on any atom is -0.486 e. The lowest BCUT2D eigenvalue weighted by Crippen LogP contribution is -2.15. The topological polar surface area (TPSA) is 69.0 Å². The molecule has 0 bridgehead atoms. The highest BCUT2D eigenvalue weighted by Gasteiger charge is 2.17. The molecule has 0 unspecified atom stereocenters. The van der Waals surface area contributed by atoms with Crippen LogP contribution in [0.2, 0.25) is 0 Å². The second-order valence-electron chi connectivity index (χ2n) is 7.49. The number of amides is 1. The molecule has 1 heterocycles. The van der Waals surface area contributed by atoms with Crippen molar-refractivity contribution in [3.05, 3.63) is 94.2 Å². The van der Waals surface area contributed by atoms with Gasteiger partial charge in [0, 0.05) is 10.2 Å². The lowest BCUT2D eigenvalue weighted by atomic mass is 10.2. The molecule has 0 radical (unpaired) electrons. The zero-order valence-electron chi connectivity index (χ0n) is 18.3. The van der Waals surface area contributed by atoms with Gasteiger partial charge in [-0.05, 0) is 71.7 Å². The van der Waals surface area contributed by atoms with Crippen LogP contribution in [-0.2, 0) is 11.4 Å². The molecule has 33 heavy (non-hydrogen) atoms. The number of hydrogen-bond donors (Lipinski definition) is 1. The van der Waals surface area contributed by atoms with Crippen molar-refractivity contribution in [2.24, 2.45) is 0 Å². The maximum atomic E-state index is 12.6. The lowest BCUT2D eigenvalue weighted by molar-refractivity contribution is -0.113. The molecule has 8 heteroatoms. The Bertz CT molecular complexity index is 1240. The van der Waals surface area contributed by atoms with Crippen molar-refractivity contribution < 1.29 is 9.53 Å². The summed E-state index contributed by atoms with van der Waals surface area (Å²) in [6.45, 7) is 4.30. The normalized spacial score (nSPS) is 10.8. The maximum absolute atomic E-state index is 12.6. The number of halogens is 1. The summed E-state index contributed by atoms with van der Waals surface area (Å²) >= 11 is 4.82. The quantitative estimate of drug-likeness (QED) is 0.289. The van der Waals surface area contributed by atoms with Gasteiger partial charge < -0.3 is 10.1 Å². The van der Waals surface area contributed by atoms with Gasteiger partial charge in [0.1, 0.15) is 12.4 Å². The van der Waals surface area contributed by atoms with E-state index in [0.717, 1.165) is 27.2 Å². The zero-order valence-corrected chi connectivity index (χ0v) is 20.7. The van der Waals surface area contributed by atoms with Crippen LogP contribution >= 0.6 is 27.7 Å². The molecule has 168 valence electrons. The van der Waals surface area contributed by atoms with Gasteiger partial charge in [0.05, 0.1) is 11.4 Å². The first-order chi connectivity index (χ1) is 16.0. The number of benzene rings is 3. The van der Waals surface area contributed by atoms with E-state index < -0.39 is 0 Å². The molecule has 1 amide bonds. The smallest absolute Gasteiger partial charge is 0.234 e. The number of nitrogens with zero attached hydrogens (tertiary/aromatic N) is 3. The minimum absolute atomic E-state index is 0.121. The van der Waals surface area contributed by atoms with Crippen LogP contribution in [0.3, 0.4) is 0 Å². The van der Waals surface area contributed by atoms with Crippen molar-refractivity contribution in [2.45, 2.75) is 25.6 Å². The Morgan fingerprint density at radius 2 is 1.73 bits per heavy atom. The number of nitrogens with one attached hydrogen (secondary N) is 1. The molecule has 0 fully saturated rings. The van der Waals surface area contributed by atoms with Crippen LogP contribution in [0.25, 0.3) is 5.69 Å². The number of para-hydroxylation sites is 1. The van der Waals surface area contributed by atoms with Crippen LogP contribution in [0.4, 0.5) is 5.69 Å². The maximum Gasteiger partial charge on any atom is 0.234 e. The number of aromatic nitrogens is 3. The number of hydrogen-bond acceptors (Lipinski definition) is 5. The van der Waals surface area contributed by atoms with Crippen molar-refractivity contribution >= 4 is 39.3 Å². The predicted molar refractivity (Wildman–Crippen MR) is 135 cm³/mol. The van der Waals surface area contributed by atoms with E-state index >= 15 is 0 Å². The highest BCUT2D eigenvalue weighted by molar-refractivity contribution is 9.10. The SMILES string of the molecule is Cc1ccc(OCc2nnc(SCC(=O)Nc3ccc(C)cc3Br)n2-c2ccccc2)cc1. The average molecular weight is 523 g/mol. The van der Waals surface area contributed by atoms with Gasteiger partial charge >= 0.3 is 0 Å². The largest absolute Gasteiger partial charge is 0.486 e. The second-order valence-corrected chi connectivity index (χ2v) is 9.29. The van der Waals surface area contributed by atoms with E-state index in [1.807, 2.05) is 91.2 Å². The first-order valence-electron chi connectivity index (χ1n) is 10.4. The number of ether oxygens (including phenoxy) is 1. The molecular formula is C25H23BrN4O2S. The molecule has 0 saturated carbocycles. The molecule has 0 saturated heterocycles. The van der Waals surface area contributed by atoms with E-state index in [1.165, 1.54) is 17.3 Å². The summed E-state index contributed by atoms with van der Waals surface area (Å²) in [5, 5.41) is 12.2. The highest BCUT2D eigenvalue weighted by Crippen LogP contribution is 2.26. The first-order valence-corrected chi connectivity index (χ1v) is 12.2. The zero-order chi connectivity index (χ0) is 23.2. The summed E-state index contributed by atoms with van der Waals surface area (Å²) < 4.78 is 8.71. The molecule has 0 aliphatic heterocycles. The van der Waals surface area contributed by atoms with Crippen LogP contribution in [0.5, 0.6) is 5.75 Å². The van der Waals surface area contributed by atoms with Gasteiger partial charge in [0.15, 0.2) is 11.0 Å². The summed E-state index contributed by atoms with van der Waals surface area (Å²) in [4.78, 5) is 12.6. The number of carbonyl (C=O) groups is 1. The third-order valence-electron chi connectivity index (χ3n) is 4.83. The number of thioether (sulfide) groups is 1. The monoisotopic (exact) mass is 522 g/mol. The Kier molecular flexibility index (Phi) is 7.47. The fourth-order valence-corrected chi connectivity index (χ4v) is 4.51. The predicted octanol–water partition coefficient (Wildman–Crippen LogP) is 5.96. The fraction of sp³-hybridized carbons (Fsp3) is 0.160. The van der Waals surface area contributed by atoms with Gasteiger partial charge in [-0.1, -0.05) is 53.7 Å². The molecule has 0 aliphatic carbocycles. The lowest BCUT2D eigenvalue weighted by Gasteiger charge is -2.12. The Labute approximate surface area is 205 Å². The Morgan fingerprint density at radius 1 is 1.00 bits per heavy atom. The Morgan fingerprint density at radius 3 is 2.45 bits per heavy atom.